The van der Waals surface area contributed by atoms with Crippen LogP contribution in [0.3, 0.4) is 0 Å². The Kier molecular flexibility index (Phi) is 6.49. The predicted molar refractivity (Wildman–Crippen MR) is 121 cm³/mol. The molecule has 1 saturated heterocycles. The lowest BCUT2D eigenvalue weighted by atomic mass is 10.1. The zero-order valence-electron chi connectivity index (χ0n) is 16.8. The van der Waals surface area contributed by atoms with Gasteiger partial charge in [-0.3, -0.25) is 4.79 Å². The molecule has 1 aromatic heterocycles. The fourth-order valence-corrected chi connectivity index (χ4v) is 3.58. The maximum absolute atomic E-state index is 12.5. The SMILES string of the molecule is O=C(Nc1cnn(-c2cccc(C(=O)NCC3CCNC3)c2)c1)Nc1ccccc1Cl. The molecule has 9 heteroatoms. The van der Waals surface area contributed by atoms with Crippen LogP contribution in [0.25, 0.3) is 5.69 Å². The minimum absolute atomic E-state index is 0.113. The number of urea groups is 1. The van der Waals surface area contributed by atoms with Crippen molar-refractivity contribution in [3.05, 3.63) is 71.5 Å². The monoisotopic (exact) mass is 438 g/mol. The van der Waals surface area contributed by atoms with Gasteiger partial charge in [-0.1, -0.05) is 29.8 Å². The number of para-hydroxylation sites is 1. The van der Waals surface area contributed by atoms with E-state index in [2.05, 4.69) is 26.4 Å². The van der Waals surface area contributed by atoms with Gasteiger partial charge < -0.3 is 21.3 Å². The van der Waals surface area contributed by atoms with E-state index < -0.39 is 6.03 Å². The lowest BCUT2D eigenvalue weighted by Gasteiger charge is -2.11. The number of nitrogens with one attached hydrogen (secondary N) is 4. The first kappa shape index (κ1) is 20.9. The molecule has 1 aliphatic rings. The van der Waals surface area contributed by atoms with Crippen LogP contribution in [0.1, 0.15) is 16.8 Å². The number of benzene rings is 2. The molecular weight excluding hydrogens is 416 g/mol. The molecule has 1 unspecified atom stereocenters. The number of aromatic nitrogens is 2. The molecule has 3 amide bonds. The topological polar surface area (TPSA) is 100 Å². The maximum Gasteiger partial charge on any atom is 0.323 e. The number of halogens is 1. The molecule has 4 N–H and O–H groups in total. The highest BCUT2D eigenvalue weighted by atomic mass is 35.5. The van der Waals surface area contributed by atoms with Gasteiger partial charge in [0.1, 0.15) is 0 Å². The van der Waals surface area contributed by atoms with Crippen molar-refractivity contribution in [1.82, 2.24) is 20.4 Å². The van der Waals surface area contributed by atoms with Gasteiger partial charge in [0, 0.05) is 12.1 Å². The van der Waals surface area contributed by atoms with Crippen molar-refractivity contribution >= 4 is 34.9 Å². The van der Waals surface area contributed by atoms with Crippen LogP contribution in [0.15, 0.2) is 60.9 Å². The minimum Gasteiger partial charge on any atom is -0.352 e. The van der Waals surface area contributed by atoms with Gasteiger partial charge in [0.15, 0.2) is 0 Å². The van der Waals surface area contributed by atoms with E-state index in [9.17, 15) is 9.59 Å². The molecule has 160 valence electrons. The summed E-state index contributed by atoms with van der Waals surface area (Å²) >= 11 is 6.06. The summed E-state index contributed by atoms with van der Waals surface area (Å²) < 4.78 is 1.60. The first-order valence-electron chi connectivity index (χ1n) is 10.0. The summed E-state index contributed by atoms with van der Waals surface area (Å²) in [7, 11) is 0. The molecule has 1 atom stereocenters. The Morgan fingerprint density at radius 1 is 1.16 bits per heavy atom. The maximum atomic E-state index is 12.5. The van der Waals surface area contributed by atoms with Crippen molar-refractivity contribution in [1.29, 1.82) is 0 Å². The van der Waals surface area contributed by atoms with Gasteiger partial charge in [-0.25, -0.2) is 9.48 Å². The van der Waals surface area contributed by atoms with Crippen LogP contribution >= 0.6 is 11.6 Å². The standard InChI is InChI=1S/C22H23ClN6O2/c23-19-6-1-2-7-20(19)28-22(31)27-17-13-26-29(14-17)18-5-3-4-16(10-18)21(30)25-12-15-8-9-24-11-15/h1-7,10,13-15,24H,8-9,11-12H2,(H,25,30)(H2,27,28,31). The second-order valence-corrected chi connectivity index (χ2v) is 7.76. The average Bonchev–Trinajstić information content (AvgIpc) is 3.46. The molecule has 8 nitrogen and oxygen atoms in total. The number of hydrogen-bond donors (Lipinski definition) is 4. The van der Waals surface area contributed by atoms with E-state index >= 15 is 0 Å². The van der Waals surface area contributed by atoms with Crippen molar-refractivity contribution in [2.24, 2.45) is 5.92 Å². The van der Waals surface area contributed by atoms with Crippen molar-refractivity contribution in [2.75, 3.05) is 30.3 Å². The van der Waals surface area contributed by atoms with Gasteiger partial charge in [-0.05, 0) is 55.8 Å². The summed E-state index contributed by atoms with van der Waals surface area (Å²) in [6.07, 6.45) is 4.28. The van der Waals surface area contributed by atoms with E-state index in [4.69, 9.17) is 11.6 Å². The molecule has 1 aliphatic heterocycles. The normalized spacial score (nSPS) is 15.5. The Hall–Kier alpha value is -3.36. The molecule has 4 rings (SSSR count). The third-order valence-corrected chi connectivity index (χ3v) is 5.38. The third kappa shape index (κ3) is 5.42. The molecule has 0 bridgehead atoms. The predicted octanol–water partition coefficient (Wildman–Crippen LogP) is 3.51. The van der Waals surface area contributed by atoms with Gasteiger partial charge in [-0.2, -0.15) is 5.10 Å². The Balaban J connectivity index is 1.38. The highest BCUT2D eigenvalue weighted by Gasteiger charge is 2.16. The fourth-order valence-electron chi connectivity index (χ4n) is 3.39. The van der Waals surface area contributed by atoms with Crippen molar-refractivity contribution in [3.8, 4) is 5.69 Å². The van der Waals surface area contributed by atoms with Crippen LogP contribution in [0, 0.1) is 5.92 Å². The zero-order valence-corrected chi connectivity index (χ0v) is 17.5. The van der Waals surface area contributed by atoms with Gasteiger partial charge in [-0.15, -0.1) is 0 Å². The molecular formula is C22H23ClN6O2. The number of hydrogen-bond acceptors (Lipinski definition) is 4. The number of anilines is 2. The van der Waals surface area contributed by atoms with E-state index in [1.807, 2.05) is 6.07 Å². The second kappa shape index (κ2) is 9.63. The quantitative estimate of drug-likeness (QED) is 0.473. The first-order chi connectivity index (χ1) is 15.1. The van der Waals surface area contributed by atoms with E-state index in [-0.39, 0.29) is 5.91 Å². The zero-order chi connectivity index (χ0) is 21.6. The first-order valence-corrected chi connectivity index (χ1v) is 10.4. The third-order valence-electron chi connectivity index (χ3n) is 5.05. The highest BCUT2D eigenvalue weighted by Crippen LogP contribution is 2.21. The fraction of sp³-hybridized carbons (Fsp3) is 0.227. The molecule has 0 radical (unpaired) electrons. The summed E-state index contributed by atoms with van der Waals surface area (Å²) in [6.45, 7) is 2.60. The number of amides is 3. The van der Waals surface area contributed by atoms with Crippen LogP contribution in [-0.4, -0.2) is 41.4 Å². The smallest absolute Gasteiger partial charge is 0.323 e. The number of rotatable bonds is 6. The molecule has 1 fully saturated rings. The Morgan fingerprint density at radius 3 is 2.84 bits per heavy atom. The molecule has 3 aromatic rings. The van der Waals surface area contributed by atoms with Crippen molar-refractivity contribution in [2.45, 2.75) is 6.42 Å². The number of nitrogens with zero attached hydrogens (tertiary/aromatic N) is 2. The van der Waals surface area contributed by atoms with Crippen molar-refractivity contribution in [3.63, 3.8) is 0 Å². The van der Waals surface area contributed by atoms with Gasteiger partial charge in [0.2, 0.25) is 0 Å². The van der Waals surface area contributed by atoms with E-state index in [1.165, 1.54) is 6.20 Å². The van der Waals surface area contributed by atoms with E-state index in [0.29, 0.717) is 34.4 Å². The van der Waals surface area contributed by atoms with Gasteiger partial charge >= 0.3 is 6.03 Å². The summed E-state index contributed by atoms with van der Waals surface area (Å²) in [5.41, 5.74) is 2.30. The van der Waals surface area contributed by atoms with Crippen LogP contribution in [0.4, 0.5) is 16.2 Å². The summed E-state index contributed by atoms with van der Waals surface area (Å²) in [5.74, 6) is 0.363. The van der Waals surface area contributed by atoms with Gasteiger partial charge in [0.25, 0.3) is 5.91 Å². The Bertz CT molecular complexity index is 1080. The average molecular weight is 439 g/mol. The van der Waals surface area contributed by atoms with Crippen LogP contribution in [0.2, 0.25) is 5.02 Å². The Morgan fingerprint density at radius 2 is 2.03 bits per heavy atom. The minimum atomic E-state index is -0.429. The van der Waals surface area contributed by atoms with Crippen LogP contribution < -0.4 is 21.3 Å². The van der Waals surface area contributed by atoms with E-state index in [1.54, 1.807) is 53.3 Å². The molecule has 0 saturated carbocycles. The molecule has 0 spiro atoms. The highest BCUT2D eigenvalue weighted by molar-refractivity contribution is 6.33. The second-order valence-electron chi connectivity index (χ2n) is 7.35. The largest absolute Gasteiger partial charge is 0.352 e. The van der Waals surface area contributed by atoms with Crippen LogP contribution in [0.5, 0.6) is 0 Å². The number of carbonyl (C=O) groups is 2. The van der Waals surface area contributed by atoms with Crippen LogP contribution in [-0.2, 0) is 0 Å². The summed E-state index contributed by atoms with van der Waals surface area (Å²) in [6, 6.07) is 13.7. The van der Waals surface area contributed by atoms with Crippen molar-refractivity contribution < 1.29 is 9.59 Å². The molecule has 31 heavy (non-hydrogen) atoms. The lowest BCUT2D eigenvalue weighted by molar-refractivity contribution is 0.0948. The molecule has 2 heterocycles. The lowest BCUT2D eigenvalue weighted by Crippen LogP contribution is -2.30. The molecule has 2 aromatic carbocycles. The summed E-state index contributed by atoms with van der Waals surface area (Å²) in [4.78, 5) is 24.7. The Labute approximate surface area is 185 Å². The molecule has 0 aliphatic carbocycles. The van der Waals surface area contributed by atoms with Gasteiger partial charge in [0.05, 0.1) is 34.5 Å². The summed E-state index contributed by atoms with van der Waals surface area (Å²) in [5, 5.41) is 16.4. The number of carbonyl (C=O) groups excluding carboxylic acids is 2. The van der Waals surface area contributed by atoms with E-state index in [0.717, 1.165) is 25.2 Å².